The minimum absolute atomic E-state index is 0.332. The zero-order chi connectivity index (χ0) is 18.3. The van der Waals surface area contributed by atoms with E-state index < -0.39 is 5.97 Å². The monoisotopic (exact) mass is 387 g/mol. The first-order valence-electron chi connectivity index (χ1n) is 8.83. The number of fused-ring (bicyclic) bond motifs is 1. The van der Waals surface area contributed by atoms with Crippen molar-refractivity contribution in [3.05, 3.63) is 69.3 Å². The topological polar surface area (TPSA) is 42.2 Å². The van der Waals surface area contributed by atoms with Crippen molar-refractivity contribution in [2.75, 3.05) is 0 Å². The number of aromatic nitrogens is 1. The molecule has 0 atom stereocenters. The average molecular weight is 388 g/mol. The molecule has 0 spiro atoms. The first-order chi connectivity index (χ1) is 12.5. The van der Waals surface area contributed by atoms with E-state index >= 15 is 0 Å². The Bertz CT molecular complexity index is 987. The van der Waals surface area contributed by atoms with E-state index in [9.17, 15) is 9.90 Å². The van der Waals surface area contributed by atoms with Crippen LogP contribution >= 0.6 is 23.2 Å². The lowest BCUT2D eigenvalue weighted by atomic mass is 9.96. The number of hydrogen-bond acceptors (Lipinski definition) is 1. The molecule has 0 bridgehead atoms. The number of carboxylic acid groups (broad SMARTS) is 1. The molecule has 1 N–H and O–H groups in total. The van der Waals surface area contributed by atoms with Gasteiger partial charge in [-0.2, -0.15) is 0 Å². The Morgan fingerprint density at radius 1 is 1.08 bits per heavy atom. The van der Waals surface area contributed by atoms with Gasteiger partial charge in [-0.25, -0.2) is 4.79 Å². The number of halogens is 2. The van der Waals surface area contributed by atoms with Crippen molar-refractivity contribution < 1.29 is 9.90 Å². The predicted molar refractivity (Wildman–Crippen MR) is 106 cm³/mol. The number of aromatic carboxylic acids is 1. The number of carbonyl (C=O) groups is 1. The lowest BCUT2D eigenvalue weighted by molar-refractivity contribution is 0.0699. The number of carboxylic acids is 1. The zero-order valence-corrected chi connectivity index (χ0v) is 15.7. The molecule has 0 radical (unpaired) electrons. The van der Waals surface area contributed by atoms with E-state index in [-0.39, 0.29) is 0 Å². The van der Waals surface area contributed by atoms with Crippen molar-refractivity contribution in [1.29, 1.82) is 0 Å². The molecule has 26 heavy (non-hydrogen) atoms. The molecular weight excluding hydrogens is 369 g/mol. The zero-order valence-electron chi connectivity index (χ0n) is 14.2. The molecule has 1 heterocycles. The molecule has 134 valence electrons. The smallest absolute Gasteiger partial charge is 0.337 e. The summed E-state index contributed by atoms with van der Waals surface area (Å²) in [5.41, 5.74) is 3.58. The van der Waals surface area contributed by atoms with Crippen LogP contribution in [0.3, 0.4) is 0 Å². The van der Waals surface area contributed by atoms with Crippen LogP contribution in [0.4, 0.5) is 0 Å². The predicted octanol–water partition coefficient (Wildman–Crippen LogP) is 6.35. The molecule has 4 rings (SSSR count). The summed E-state index contributed by atoms with van der Waals surface area (Å²) in [6.45, 7) is 0.550. The van der Waals surface area contributed by atoms with E-state index in [4.69, 9.17) is 23.2 Å². The van der Waals surface area contributed by atoms with Crippen LogP contribution in [0.1, 0.15) is 53.1 Å². The van der Waals surface area contributed by atoms with E-state index in [1.165, 1.54) is 31.2 Å². The molecule has 0 unspecified atom stereocenters. The van der Waals surface area contributed by atoms with Gasteiger partial charge in [-0.15, -0.1) is 0 Å². The fourth-order valence-corrected chi connectivity index (χ4v) is 4.28. The summed E-state index contributed by atoms with van der Waals surface area (Å²) in [4.78, 5) is 11.7. The van der Waals surface area contributed by atoms with Gasteiger partial charge in [0.05, 0.1) is 15.6 Å². The van der Waals surface area contributed by atoms with Gasteiger partial charge in [0.25, 0.3) is 0 Å². The lowest BCUT2D eigenvalue weighted by Gasteiger charge is -2.12. The number of hydrogen-bond donors (Lipinski definition) is 1. The Morgan fingerprint density at radius 3 is 2.54 bits per heavy atom. The number of rotatable bonds is 4. The van der Waals surface area contributed by atoms with Crippen LogP contribution in [0.15, 0.2) is 42.6 Å². The molecule has 0 aliphatic heterocycles. The van der Waals surface area contributed by atoms with Crippen LogP contribution < -0.4 is 0 Å². The maximum absolute atomic E-state index is 11.7. The molecule has 1 aliphatic rings. The quantitative estimate of drug-likeness (QED) is 0.566. The molecule has 3 nitrogen and oxygen atoms in total. The second-order valence-electron chi connectivity index (χ2n) is 6.98. The van der Waals surface area contributed by atoms with Gasteiger partial charge in [0.15, 0.2) is 0 Å². The van der Waals surface area contributed by atoms with Crippen molar-refractivity contribution in [1.82, 2.24) is 4.57 Å². The maximum atomic E-state index is 11.7. The molecule has 0 saturated heterocycles. The van der Waals surface area contributed by atoms with Crippen LogP contribution in [0, 0.1) is 0 Å². The summed E-state index contributed by atoms with van der Waals surface area (Å²) in [6.07, 6.45) is 6.68. The summed E-state index contributed by atoms with van der Waals surface area (Å²) in [5, 5.41) is 11.4. The van der Waals surface area contributed by atoms with Gasteiger partial charge in [-0.3, -0.25) is 0 Å². The molecule has 0 amide bonds. The van der Waals surface area contributed by atoms with Crippen molar-refractivity contribution >= 4 is 40.1 Å². The first-order valence-corrected chi connectivity index (χ1v) is 9.58. The van der Waals surface area contributed by atoms with Crippen molar-refractivity contribution in [3.63, 3.8) is 0 Å². The van der Waals surface area contributed by atoms with Crippen LogP contribution in [0.2, 0.25) is 10.0 Å². The highest BCUT2D eigenvalue weighted by Crippen LogP contribution is 2.36. The molecule has 1 aliphatic carbocycles. The lowest BCUT2D eigenvalue weighted by Crippen LogP contribution is -1.99. The van der Waals surface area contributed by atoms with E-state index in [1.807, 2.05) is 22.8 Å². The number of benzene rings is 2. The van der Waals surface area contributed by atoms with Gasteiger partial charge < -0.3 is 9.67 Å². The van der Waals surface area contributed by atoms with E-state index in [0.29, 0.717) is 28.1 Å². The highest BCUT2D eigenvalue weighted by atomic mass is 35.5. The largest absolute Gasteiger partial charge is 0.478 e. The SMILES string of the molecule is O=C(O)c1cn(Cc2ccc(Cl)c(Cl)c2)c2cc(C3CCCC3)ccc12. The minimum Gasteiger partial charge on any atom is -0.478 e. The van der Waals surface area contributed by atoms with Gasteiger partial charge in [-0.05, 0) is 48.1 Å². The maximum Gasteiger partial charge on any atom is 0.337 e. The molecule has 1 fully saturated rings. The normalized spacial score (nSPS) is 15.0. The van der Waals surface area contributed by atoms with Gasteiger partial charge in [0.2, 0.25) is 0 Å². The Morgan fingerprint density at radius 2 is 1.85 bits per heavy atom. The summed E-state index contributed by atoms with van der Waals surface area (Å²) in [5.74, 6) is -0.322. The Kier molecular flexibility index (Phi) is 4.68. The Hall–Kier alpha value is -1.97. The molecule has 5 heteroatoms. The molecule has 1 aromatic heterocycles. The van der Waals surface area contributed by atoms with Gasteiger partial charge >= 0.3 is 5.97 Å². The van der Waals surface area contributed by atoms with Crippen molar-refractivity contribution in [3.8, 4) is 0 Å². The van der Waals surface area contributed by atoms with Crippen LogP contribution in [-0.2, 0) is 6.54 Å². The minimum atomic E-state index is -0.906. The van der Waals surface area contributed by atoms with Crippen LogP contribution in [0.5, 0.6) is 0 Å². The molecule has 3 aromatic rings. The molecular formula is C21H19Cl2NO2. The Balaban J connectivity index is 1.79. The van der Waals surface area contributed by atoms with E-state index in [0.717, 1.165) is 16.5 Å². The fourth-order valence-electron chi connectivity index (χ4n) is 3.96. The van der Waals surface area contributed by atoms with Crippen LogP contribution in [0.25, 0.3) is 10.9 Å². The van der Waals surface area contributed by atoms with Crippen molar-refractivity contribution in [2.24, 2.45) is 0 Å². The molecule has 1 saturated carbocycles. The number of nitrogens with zero attached hydrogens (tertiary/aromatic N) is 1. The summed E-state index contributed by atoms with van der Waals surface area (Å²) >= 11 is 12.1. The first kappa shape index (κ1) is 17.4. The third-order valence-electron chi connectivity index (χ3n) is 5.30. The van der Waals surface area contributed by atoms with E-state index in [2.05, 4.69) is 12.1 Å². The fraction of sp³-hybridized carbons (Fsp3) is 0.286. The van der Waals surface area contributed by atoms with Crippen LogP contribution in [-0.4, -0.2) is 15.6 Å². The highest BCUT2D eigenvalue weighted by Gasteiger charge is 2.20. The Labute approximate surface area is 162 Å². The summed E-state index contributed by atoms with van der Waals surface area (Å²) in [6, 6.07) is 11.7. The van der Waals surface area contributed by atoms with Gasteiger partial charge in [0, 0.05) is 23.6 Å². The summed E-state index contributed by atoms with van der Waals surface area (Å²) < 4.78 is 2.00. The van der Waals surface area contributed by atoms with Gasteiger partial charge in [-0.1, -0.05) is 54.2 Å². The molecule has 2 aromatic carbocycles. The van der Waals surface area contributed by atoms with Gasteiger partial charge in [0.1, 0.15) is 0 Å². The second kappa shape index (κ2) is 6.98. The third-order valence-corrected chi connectivity index (χ3v) is 6.04. The van der Waals surface area contributed by atoms with E-state index in [1.54, 1.807) is 12.3 Å². The summed E-state index contributed by atoms with van der Waals surface area (Å²) in [7, 11) is 0. The highest BCUT2D eigenvalue weighted by molar-refractivity contribution is 6.42. The average Bonchev–Trinajstić information content (AvgIpc) is 3.26. The second-order valence-corrected chi connectivity index (χ2v) is 7.80. The standard InChI is InChI=1S/C21H19Cl2NO2/c22-18-8-5-13(9-19(18)23)11-24-12-17(21(25)26)16-7-6-15(10-20(16)24)14-3-1-2-4-14/h5-10,12,14H,1-4,11H2,(H,25,26). The van der Waals surface area contributed by atoms with Crippen molar-refractivity contribution in [2.45, 2.75) is 38.1 Å². The third kappa shape index (κ3) is 3.22.